The lowest BCUT2D eigenvalue weighted by Gasteiger charge is -2.43. The molecule has 2 nitrogen and oxygen atoms in total. The minimum absolute atomic E-state index is 0.298. The van der Waals surface area contributed by atoms with Gasteiger partial charge in [-0.1, -0.05) is 19.9 Å². The zero-order valence-corrected chi connectivity index (χ0v) is 8.79. The van der Waals surface area contributed by atoms with E-state index in [1.807, 2.05) is 6.08 Å². The fraction of sp³-hybridized carbons (Fsp3) is 0.818. The molecule has 1 heterocycles. The number of aliphatic hydroxyl groups excluding tert-OH is 1. The van der Waals surface area contributed by atoms with Crippen LogP contribution < -0.4 is 0 Å². The minimum atomic E-state index is 0.298. The van der Waals surface area contributed by atoms with Gasteiger partial charge in [0, 0.05) is 19.7 Å². The Bertz CT molecular complexity index is 177. The van der Waals surface area contributed by atoms with Crippen molar-refractivity contribution >= 4 is 0 Å². The van der Waals surface area contributed by atoms with Crippen molar-refractivity contribution in [3.63, 3.8) is 0 Å². The Balaban J connectivity index is 2.52. The first kappa shape index (κ1) is 10.7. The van der Waals surface area contributed by atoms with Gasteiger partial charge in [0.2, 0.25) is 0 Å². The van der Waals surface area contributed by atoms with Gasteiger partial charge in [0.1, 0.15) is 0 Å². The standard InChI is InChI=1S/C11H21NO/c1-4-6-12-7-5-11(2,3)10(8-12)9-13/h4,10,13H,1,5-9H2,2-3H3. The molecule has 76 valence electrons. The summed E-state index contributed by atoms with van der Waals surface area (Å²) >= 11 is 0. The zero-order valence-electron chi connectivity index (χ0n) is 8.79. The number of nitrogens with zero attached hydrogens (tertiary/aromatic N) is 1. The quantitative estimate of drug-likeness (QED) is 0.670. The average molecular weight is 183 g/mol. The molecule has 1 aliphatic rings. The van der Waals surface area contributed by atoms with Crippen molar-refractivity contribution in [2.45, 2.75) is 20.3 Å². The molecule has 0 amide bonds. The first-order valence-corrected chi connectivity index (χ1v) is 5.04. The molecule has 0 aromatic carbocycles. The lowest BCUT2D eigenvalue weighted by atomic mass is 9.74. The van der Waals surface area contributed by atoms with E-state index in [9.17, 15) is 5.11 Å². The van der Waals surface area contributed by atoms with Gasteiger partial charge in [0.15, 0.2) is 0 Å². The molecule has 0 spiro atoms. The smallest absolute Gasteiger partial charge is 0.0476 e. The molecule has 1 aliphatic heterocycles. The normalized spacial score (nSPS) is 28.7. The summed E-state index contributed by atoms with van der Waals surface area (Å²) in [6, 6.07) is 0. The lowest BCUT2D eigenvalue weighted by Crippen LogP contribution is -2.46. The molecule has 0 aliphatic carbocycles. The molecule has 2 heteroatoms. The monoisotopic (exact) mass is 183 g/mol. The van der Waals surface area contributed by atoms with E-state index in [-0.39, 0.29) is 0 Å². The molecule has 0 radical (unpaired) electrons. The number of likely N-dealkylation sites (tertiary alicyclic amines) is 1. The molecule has 1 rings (SSSR count). The van der Waals surface area contributed by atoms with Crippen LogP contribution in [0.4, 0.5) is 0 Å². The zero-order chi connectivity index (χ0) is 9.90. The van der Waals surface area contributed by atoms with E-state index in [2.05, 4.69) is 25.3 Å². The summed E-state index contributed by atoms with van der Waals surface area (Å²) in [5.74, 6) is 0.418. The van der Waals surface area contributed by atoms with Crippen molar-refractivity contribution in [3.05, 3.63) is 12.7 Å². The summed E-state index contributed by atoms with van der Waals surface area (Å²) in [5.41, 5.74) is 0.298. The van der Waals surface area contributed by atoms with Crippen LogP contribution in [0.5, 0.6) is 0 Å². The van der Waals surface area contributed by atoms with Crippen molar-refractivity contribution in [2.75, 3.05) is 26.2 Å². The summed E-state index contributed by atoms with van der Waals surface area (Å²) in [7, 11) is 0. The molecular formula is C11H21NO. The van der Waals surface area contributed by atoms with Gasteiger partial charge in [-0.3, -0.25) is 4.90 Å². The van der Waals surface area contributed by atoms with E-state index >= 15 is 0 Å². The van der Waals surface area contributed by atoms with Gasteiger partial charge in [-0.2, -0.15) is 0 Å². The highest BCUT2D eigenvalue weighted by Crippen LogP contribution is 2.34. The Hall–Kier alpha value is -0.340. The number of hydrogen-bond donors (Lipinski definition) is 1. The van der Waals surface area contributed by atoms with E-state index in [1.165, 1.54) is 6.42 Å². The summed E-state index contributed by atoms with van der Waals surface area (Å²) in [4.78, 5) is 2.36. The molecule has 0 aromatic rings. The van der Waals surface area contributed by atoms with Crippen molar-refractivity contribution in [3.8, 4) is 0 Å². The van der Waals surface area contributed by atoms with Gasteiger partial charge >= 0.3 is 0 Å². The van der Waals surface area contributed by atoms with Crippen LogP contribution in [0.2, 0.25) is 0 Å². The molecule has 0 aromatic heterocycles. The van der Waals surface area contributed by atoms with E-state index < -0.39 is 0 Å². The summed E-state index contributed by atoms with van der Waals surface area (Å²) < 4.78 is 0. The molecule has 1 unspecified atom stereocenters. The third-order valence-electron chi connectivity index (χ3n) is 3.26. The third-order valence-corrected chi connectivity index (χ3v) is 3.26. The van der Waals surface area contributed by atoms with Gasteiger partial charge in [0.25, 0.3) is 0 Å². The second kappa shape index (κ2) is 4.25. The molecule has 1 fully saturated rings. The molecule has 0 saturated carbocycles. The topological polar surface area (TPSA) is 23.5 Å². The Morgan fingerprint density at radius 1 is 1.62 bits per heavy atom. The predicted octanol–water partition coefficient (Wildman–Crippen LogP) is 1.51. The van der Waals surface area contributed by atoms with Gasteiger partial charge in [-0.15, -0.1) is 6.58 Å². The van der Waals surface area contributed by atoms with Crippen LogP contribution >= 0.6 is 0 Å². The highest BCUT2D eigenvalue weighted by atomic mass is 16.3. The van der Waals surface area contributed by atoms with Crippen LogP contribution in [0.15, 0.2) is 12.7 Å². The maximum absolute atomic E-state index is 9.26. The number of aliphatic hydroxyl groups is 1. The van der Waals surface area contributed by atoms with Crippen molar-refractivity contribution < 1.29 is 5.11 Å². The van der Waals surface area contributed by atoms with Crippen LogP contribution in [0.3, 0.4) is 0 Å². The van der Waals surface area contributed by atoms with E-state index in [1.54, 1.807) is 0 Å². The third kappa shape index (κ3) is 2.55. The Morgan fingerprint density at radius 2 is 2.31 bits per heavy atom. The Morgan fingerprint density at radius 3 is 2.85 bits per heavy atom. The highest BCUT2D eigenvalue weighted by molar-refractivity contribution is 4.88. The maximum atomic E-state index is 9.26. The lowest BCUT2D eigenvalue weighted by molar-refractivity contribution is 0.0279. The maximum Gasteiger partial charge on any atom is 0.0476 e. The van der Waals surface area contributed by atoms with Crippen LogP contribution in [-0.4, -0.2) is 36.2 Å². The van der Waals surface area contributed by atoms with Gasteiger partial charge in [0.05, 0.1) is 0 Å². The second-order valence-electron chi connectivity index (χ2n) is 4.67. The number of hydrogen-bond acceptors (Lipinski definition) is 2. The second-order valence-corrected chi connectivity index (χ2v) is 4.67. The predicted molar refractivity (Wildman–Crippen MR) is 55.6 cm³/mol. The number of rotatable bonds is 3. The molecule has 1 N–H and O–H groups in total. The Kier molecular flexibility index (Phi) is 3.51. The largest absolute Gasteiger partial charge is 0.396 e. The van der Waals surface area contributed by atoms with Crippen LogP contribution in [0.25, 0.3) is 0 Å². The van der Waals surface area contributed by atoms with Gasteiger partial charge in [-0.25, -0.2) is 0 Å². The van der Waals surface area contributed by atoms with Gasteiger partial charge in [-0.05, 0) is 24.3 Å². The SMILES string of the molecule is C=CCN1CCC(C)(C)C(CO)C1. The van der Waals surface area contributed by atoms with Crippen molar-refractivity contribution in [2.24, 2.45) is 11.3 Å². The van der Waals surface area contributed by atoms with E-state index in [4.69, 9.17) is 0 Å². The Labute approximate surface area is 81.2 Å². The van der Waals surface area contributed by atoms with Crippen LogP contribution in [-0.2, 0) is 0 Å². The summed E-state index contributed by atoms with van der Waals surface area (Å²) in [6.07, 6.45) is 3.11. The fourth-order valence-electron chi connectivity index (χ4n) is 1.95. The summed E-state index contributed by atoms with van der Waals surface area (Å²) in [5, 5.41) is 9.26. The minimum Gasteiger partial charge on any atom is -0.396 e. The molecular weight excluding hydrogens is 162 g/mol. The first-order valence-electron chi connectivity index (χ1n) is 5.04. The van der Waals surface area contributed by atoms with Crippen LogP contribution in [0.1, 0.15) is 20.3 Å². The average Bonchev–Trinajstić information content (AvgIpc) is 2.08. The molecule has 1 saturated heterocycles. The molecule has 0 bridgehead atoms. The van der Waals surface area contributed by atoms with Gasteiger partial charge < -0.3 is 5.11 Å². The van der Waals surface area contributed by atoms with Crippen LogP contribution in [0, 0.1) is 11.3 Å². The number of piperidine rings is 1. The summed E-state index contributed by atoms with van der Waals surface area (Å²) in [6.45, 7) is 11.6. The van der Waals surface area contributed by atoms with Crippen molar-refractivity contribution in [1.82, 2.24) is 4.90 Å². The highest BCUT2D eigenvalue weighted by Gasteiger charge is 2.34. The van der Waals surface area contributed by atoms with E-state index in [0.29, 0.717) is 17.9 Å². The fourth-order valence-corrected chi connectivity index (χ4v) is 1.95. The van der Waals surface area contributed by atoms with E-state index in [0.717, 1.165) is 19.6 Å². The van der Waals surface area contributed by atoms with Crippen molar-refractivity contribution in [1.29, 1.82) is 0 Å². The first-order chi connectivity index (χ1) is 6.10. The molecule has 13 heavy (non-hydrogen) atoms. The molecule has 1 atom stereocenters.